The van der Waals surface area contributed by atoms with Crippen molar-refractivity contribution in [1.82, 2.24) is 4.90 Å². The number of nitrogens with one attached hydrogen (secondary N) is 1. The molecule has 0 spiro atoms. The number of likely N-dealkylation sites (tertiary alicyclic amines) is 1. The number of benzene rings is 1. The molecule has 2 saturated carbocycles. The molecule has 5 nitrogen and oxygen atoms in total. The molecule has 0 radical (unpaired) electrons. The van der Waals surface area contributed by atoms with Crippen LogP contribution >= 0.6 is 15.9 Å². The molecule has 2 bridgehead atoms. The summed E-state index contributed by atoms with van der Waals surface area (Å²) in [6.45, 7) is 0.187. The van der Waals surface area contributed by atoms with E-state index in [1.165, 1.54) is 4.90 Å². The van der Waals surface area contributed by atoms with Gasteiger partial charge in [-0.3, -0.25) is 19.3 Å². The predicted molar refractivity (Wildman–Crippen MR) is 91.9 cm³/mol. The van der Waals surface area contributed by atoms with Gasteiger partial charge in [0.1, 0.15) is 0 Å². The summed E-state index contributed by atoms with van der Waals surface area (Å²) in [4.78, 5) is 38.5. The highest BCUT2D eigenvalue weighted by Gasteiger charge is 2.60. The Balaban J connectivity index is 1.36. The summed E-state index contributed by atoms with van der Waals surface area (Å²) < 4.78 is 0.940. The molecule has 0 unspecified atom stereocenters. The minimum atomic E-state index is -0.182. The molecule has 1 saturated heterocycles. The van der Waals surface area contributed by atoms with E-state index < -0.39 is 0 Å². The predicted octanol–water partition coefficient (Wildman–Crippen LogP) is 2.81. The number of rotatable bonds is 4. The molecule has 24 heavy (non-hydrogen) atoms. The van der Waals surface area contributed by atoms with Crippen molar-refractivity contribution in [1.29, 1.82) is 0 Å². The van der Waals surface area contributed by atoms with Gasteiger partial charge in [0.15, 0.2) is 0 Å². The van der Waals surface area contributed by atoms with Crippen LogP contribution in [0, 0.1) is 23.7 Å². The number of hydrogen-bond acceptors (Lipinski definition) is 3. The van der Waals surface area contributed by atoms with Gasteiger partial charge in [0.2, 0.25) is 17.7 Å². The number of fused-ring (bicyclic) bond motifs is 5. The van der Waals surface area contributed by atoms with Gasteiger partial charge in [-0.1, -0.05) is 15.9 Å². The molecule has 2 aliphatic carbocycles. The molecule has 3 aliphatic rings. The summed E-state index contributed by atoms with van der Waals surface area (Å²) in [7, 11) is 0. The van der Waals surface area contributed by atoms with Gasteiger partial charge in [-0.25, -0.2) is 0 Å². The van der Waals surface area contributed by atoms with Crippen molar-refractivity contribution in [2.45, 2.75) is 25.7 Å². The average Bonchev–Trinajstić information content (AvgIpc) is 3.23. The topological polar surface area (TPSA) is 66.5 Å². The van der Waals surface area contributed by atoms with Crippen molar-refractivity contribution in [3.05, 3.63) is 28.7 Å². The molecular weight excluding hydrogens is 372 g/mol. The van der Waals surface area contributed by atoms with Crippen LogP contribution in [0.2, 0.25) is 0 Å². The van der Waals surface area contributed by atoms with Gasteiger partial charge in [-0.05, 0) is 55.4 Å². The lowest BCUT2D eigenvalue weighted by molar-refractivity contribution is -0.140. The first-order valence-corrected chi connectivity index (χ1v) is 9.24. The number of amides is 3. The fourth-order valence-corrected chi connectivity index (χ4v) is 4.93. The zero-order chi connectivity index (χ0) is 16.8. The van der Waals surface area contributed by atoms with Gasteiger partial charge < -0.3 is 5.32 Å². The van der Waals surface area contributed by atoms with Gasteiger partial charge in [0.25, 0.3) is 0 Å². The Morgan fingerprint density at radius 1 is 1.08 bits per heavy atom. The van der Waals surface area contributed by atoms with Crippen LogP contribution in [0.3, 0.4) is 0 Å². The van der Waals surface area contributed by atoms with Gasteiger partial charge in [-0.15, -0.1) is 0 Å². The average molecular weight is 391 g/mol. The van der Waals surface area contributed by atoms with Crippen LogP contribution in [0.4, 0.5) is 5.69 Å². The highest BCUT2D eigenvalue weighted by molar-refractivity contribution is 9.10. The summed E-state index contributed by atoms with van der Waals surface area (Å²) in [5.74, 6) is 0.285. The largest absolute Gasteiger partial charge is 0.326 e. The first-order chi connectivity index (χ1) is 11.5. The van der Waals surface area contributed by atoms with Gasteiger partial charge in [0, 0.05) is 23.1 Å². The minimum absolute atomic E-state index is 0.0476. The molecule has 126 valence electrons. The van der Waals surface area contributed by atoms with Crippen molar-refractivity contribution in [2.75, 3.05) is 11.9 Å². The van der Waals surface area contributed by atoms with E-state index in [-0.39, 0.29) is 42.5 Å². The Labute approximate surface area is 148 Å². The number of nitrogens with zero attached hydrogens (tertiary/aromatic N) is 1. The van der Waals surface area contributed by atoms with E-state index in [1.807, 2.05) is 12.1 Å². The Morgan fingerprint density at radius 2 is 1.67 bits per heavy atom. The summed E-state index contributed by atoms with van der Waals surface area (Å²) in [5.41, 5.74) is 0.706. The SMILES string of the molecule is O=C(CCN1C(=O)[C@@H]2[C@@H]3CC[C@H](C3)[C@@H]2C1=O)Nc1ccc(Br)cc1. The Morgan fingerprint density at radius 3 is 2.25 bits per heavy atom. The van der Waals surface area contributed by atoms with E-state index in [0.717, 1.165) is 23.7 Å². The van der Waals surface area contributed by atoms with Crippen LogP contribution in [0.15, 0.2) is 28.7 Å². The van der Waals surface area contributed by atoms with E-state index in [1.54, 1.807) is 12.1 Å². The zero-order valence-corrected chi connectivity index (χ0v) is 14.8. The molecule has 1 heterocycles. The zero-order valence-electron chi connectivity index (χ0n) is 13.2. The third kappa shape index (κ3) is 2.57. The Kier molecular flexibility index (Phi) is 3.95. The lowest BCUT2D eigenvalue weighted by Crippen LogP contribution is -2.35. The maximum absolute atomic E-state index is 12.6. The minimum Gasteiger partial charge on any atom is -0.326 e. The van der Waals surface area contributed by atoms with Gasteiger partial charge in [0.05, 0.1) is 11.8 Å². The quantitative estimate of drug-likeness (QED) is 0.803. The third-order valence-electron chi connectivity index (χ3n) is 5.71. The van der Waals surface area contributed by atoms with E-state index in [0.29, 0.717) is 17.5 Å². The highest BCUT2D eigenvalue weighted by Crippen LogP contribution is 2.56. The number of carbonyl (C=O) groups excluding carboxylic acids is 3. The monoisotopic (exact) mass is 390 g/mol. The first-order valence-electron chi connectivity index (χ1n) is 8.45. The van der Waals surface area contributed by atoms with Crippen LogP contribution in [-0.4, -0.2) is 29.2 Å². The van der Waals surface area contributed by atoms with Crippen molar-refractivity contribution in [3.63, 3.8) is 0 Å². The van der Waals surface area contributed by atoms with Crippen LogP contribution < -0.4 is 5.32 Å². The Hall–Kier alpha value is -1.69. The van der Waals surface area contributed by atoms with Crippen molar-refractivity contribution in [3.8, 4) is 0 Å². The van der Waals surface area contributed by atoms with E-state index in [2.05, 4.69) is 21.2 Å². The first kappa shape index (κ1) is 15.8. The molecule has 1 aromatic carbocycles. The molecule has 0 aromatic heterocycles. The summed E-state index contributed by atoms with van der Waals surface area (Å²) >= 11 is 3.34. The molecule has 1 aromatic rings. The highest BCUT2D eigenvalue weighted by atomic mass is 79.9. The van der Waals surface area contributed by atoms with Gasteiger partial charge in [-0.2, -0.15) is 0 Å². The number of anilines is 1. The molecule has 4 atom stereocenters. The second-order valence-electron chi connectivity index (χ2n) is 7.02. The van der Waals surface area contributed by atoms with E-state index in [4.69, 9.17) is 0 Å². The molecule has 1 aliphatic heterocycles. The molecule has 3 fully saturated rings. The van der Waals surface area contributed by atoms with Crippen molar-refractivity contribution >= 4 is 39.3 Å². The Bertz CT molecular complexity index is 675. The molecule has 1 N–H and O–H groups in total. The van der Waals surface area contributed by atoms with E-state index >= 15 is 0 Å². The van der Waals surface area contributed by atoms with Crippen molar-refractivity contribution < 1.29 is 14.4 Å². The maximum Gasteiger partial charge on any atom is 0.233 e. The molecule has 3 amide bonds. The lowest BCUT2D eigenvalue weighted by Gasteiger charge is -2.19. The summed E-state index contributed by atoms with van der Waals surface area (Å²) in [6, 6.07) is 7.30. The number of halogens is 1. The molecular formula is C18H19BrN2O3. The number of hydrogen-bond donors (Lipinski definition) is 1. The molecule has 6 heteroatoms. The van der Waals surface area contributed by atoms with Crippen LogP contribution in [0.5, 0.6) is 0 Å². The number of carbonyl (C=O) groups is 3. The van der Waals surface area contributed by atoms with Crippen LogP contribution in [0.1, 0.15) is 25.7 Å². The fraction of sp³-hybridized carbons (Fsp3) is 0.500. The van der Waals surface area contributed by atoms with Crippen LogP contribution in [0.25, 0.3) is 0 Å². The second-order valence-corrected chi connectivity index (χ2v) is 7.93. The third-order valence-corrected chi connectivity index (χ3v) is 6.24. The second kappa shape index (κ2) is 5.99. The molecule has 4 rings (SSSR count). The summed E-state index contributed by atoms with van der Waals surface area (Å²) in [5, 5.41) is 2.79. The smallest absolute Gasteiger partial charge is 0.233 e. The maximum atomic E-state index is 12.6. The standard InChI is InChI=1S/C18H19BrN2O3/c19-12-3-5-13(6-4-12)20-14(22)7-8-21-17(23)15-10-1-2-11(9-10)16(15)18(21)24/h3-6,10-11,15-16H,1-2,7-9H2,(H,20,22)/t10-,11-,15-,16+/m1/s1. The van der Waals surface area contributed by atoms with Crippen LogP contribution in [-0.2, 0) is 14.4 Å². The van der Waals surface area contributed by atoms with Crippen molar-refractivity contribution in [2.24, 2.45) is 23.7 Å². The summed E-state index contributed by atoms with van der Waals surface area (Å²) in [6.07, 6.45) is 3.32. The van der Waals surface area contributed by atoms with Gasteiger partial charge >= 0.3 is 0 Å². The normalized spacial score (nSPS) is 30.8. The lowest BCUT2D eigenvalue weighted by atomic mass is 9.81. The fourth-order valence-electron chi connectivity index (χ4n) is 4.66. The van der Waals surface area contributed by atoms with E-state index in [9.17, 15) is 14.4 Å². The number of imide groups is 1.